The molecule has 16 heavy (non-hydrogen) atoms. The Bertz CT molecular complexity index is 491. The molecule has 1 aromatic carbocycles. The second-order valence-corrected chi connectivity index (χ2v) is 4.11. The van der Waals surface area contributed by atoms with E-state index in [9.17, 15) is 0 Å². The molecule has 0 atom stereocenters. The molecule has 0 saturated heterocycles. The molecule has 1 aliphatic heterocycles. The minimum atomic E-state index is 0.800. The van der Waals surface area contributed by atoms with Gasteiger partial charge in [0.1, 0.15) is 5.76 Å². The first-order chi connectivity index (χ1) is 7.84. The third-order valence-electron chi connectivity index (χ3n) is 3.04. The smallest absolute Gasteiger partial charge is 0.123 e. The molecule has 0 bridgehead atoms. The Morgan fingerprint density at radius 2 is 2.19 bits per heavy atom. The number of nitrogen functional groups attached to an aromatic ring is 1. The molecular weight excluding hydrogens is 200 g/mol. The van der Waals surface area contributed by atoms with Crippen molar-refractivity contribution in [3.8, 4) is 0 Å². The summed E-state index contributed by atoms with van der Waals surface area (Å²) in [5, 5.41) is 0. The van der Waals surface area contributed by atoms with Crippen molar-refractivity contribution in [3.63, 3.8) is 0 Å². The highest BCUT2D eigenvalue weighted by Gasteiger charge is 2.21. The van der Waals surface area contributed by atoms with Crippen LogP contribution in [-0.4, -0.2) is 6.54 Å². The van der Waals surface area contributed by atoms with Gasteiger partial charge in [0.25, 0.3) is 0 Å². The summed E-state index contributed by atoms with van der Waals surface area (Å²) >= 11 is 0. The fourth-order valence-electron chi connectivity index (χ4n) is 2.31. The molecule has 3 nitrogen and oxygen atoms in total. The lowest BCUT2D eigenvalue weighted by molar-refractivity contribution is 0.504. The number of hydrogen-bond donors (Lipinski definition) is 1. The van der Waals surface area contributed by atoms with Crippen LogP contribution >= 0.6 is 0 Å². The van der Waals surface area contributed by atoms with Crippen LogP contribution in [0.15, 0.2) is 41.0 Å². The van der Waals surface area contributed by atoms with Crippen LogP contribution in [0.3, 0.4) is 0 Å². The fourth-order valence-corrected chi connectivity index (χ4v) is 2.31. The van der Waals surface area contributed by atoms with Gasteiger partial charge in [-0.1, -0.05) is 12.1 Å². The number of para-hydroxylation sites is 1. The zero-order chi connectivity index (χ0) is 11.0. The minimum Gasteiger partial charge on any atom is -0.467 e. The number of nitrogens with two attached hydrogens (primary N) is 1. The van der Waals surface area contributed by atoms with Crippen molar-refractivity contribution in [2.75, 3.05) is 17.2 Å². The summed E-state index contributed by atoms with van der Waals surface area (Å²) in [6, 6.07) is 10.0. The van der Waals surface area contributed by atoms with E-state index < -0.39 is 0 Å². The van der Waals surface area contributed by atoms with Gasteiger partial charge in [0.05, 0.1) is 24.2 Å². The van der Waals surface area contributed by atoms with Gasteiger partial charge < -0.3 is 15.1 Å². The van der Waals surface area contributed by atoms with E-state index in [4.69, 9.17) is 10.2 Å². The van der Waals surface area contributed by atoms with Gasteiger partial charge in [-0.15, -0.1) is 0 Å². The van der Waals surface area contributed by atoms with Gasteiger partial charge in [0, 0.05) is 6.54 Å². The van der Waals surface area contributed by atoms with Crippen LogP contribution in [-0.2, 0) is 13.0 Å². The average molecular weight is 214 g/mol. The van der Waals surface area contributed by atoms with E-state index in [0.29, 0.717) is 0 Å². The molecule has 1 aliphatic rings. The molecule has 0 fully saturated rings. The van der Waals surface area contributed by atoms with Gasteiger partial charge in [-0.3, -0.25) is 0 Å². The number of anilines is 2. The van der Waals surface area contributed by atoms with E-state index in [1.165, 1.54) is 11.3 Å². The van der Waals surface area contributed by atoms with E-state index in [0.717, 1.165) is 31.0 Å². The number of rotatable bonds is 2. The van der Waals surface area contributed by atoms with Crippen molar-refractivity contribution >= 4 is 11.4 Å². The summed E-state index contributed by atoms with van der Waals surface area (Å²) in [5.74, 6) is 0.983. The number of fused-ring (bicyclic) bond motifs is 1. The average Bonchev–Trinajstić information content (AvgIpc) is 2.90. The summed E-state index contributed by atoms with van der Waals surface area (Å²) in [6.45, 7) is 1.82. The van der Waals surface area contributed by atoms with E-state index in [-0.39, 0.29) is 0 Å². The van der Waals surface area contributed by atoms with Crippen molar-refractivity contribution in [1.82, 2.24) is 0 Å². The second-order valence-electron chi connectivity index (χ2n) is 4.11. The van der Waals surface area contributed by atoms with Crippen LogP contribution in [0, 0.1) is 0 Å². The second kappa shape index (κ2) is 3.59. The summed E-state index contributed by atoms with van der Waals surface area (Å²) in [4.78, 5) is 2.28. The van der Waals surface area contributed by atoms with Crippen LogP contribution in [0.25, 0.3) is 0 Å². The van der Waals surface area contributed by atoms with Crippen LogP contribution in [0.4, 0.5) is 11.4 Å². The Hall–Kier alpha value is -1.90. The number of furan rings is 1. The fraction of sp³-hybridized carbons (Fsp3) is 0.231. The number of nitrogens with zero attached hydrogens (tertiary/aromatic N) is 1. The molecule has 2 heterocycles. The van der Waals surface area contributed by atoms with E-state index >= 15 is 0 Å². The third-order valence-corrected chi connectivity index (χ3v) is 3.04. The SMILES string of the molecule is Nc1cccc2c1N(Cc1ccco1)CC2. The first kappa shape index (κ1) is 9.33. The summed E-state index contributed by atoms with van der Waals surface area (Å²) in [7, 11) is 0. The molecule has 0 radical (unpaired) electrons. The predicted octanol–water partition coefficient (Wildman–Crippen LogP) is 2.42. The Balaban J connectivity index is 1.91. The van der Waals surface area contributed by atoms with Crippen LogP contribution in [0.1, 0.15) is 11.3 Å². The van der Waals surface area contributed by atoms with Gasteiger partial charge in [0.2, 0.25) is 0 Å². The van der Waals surface area contributed by atoms with Gasteiger partial charge in [0.15, 0.2) is 0 Å². The normalized spacial score (nSPS) is 14.1. The lowest BCUT2D eigenvalue weighted by atomic mass is 10.1. The monoisotopic (exact) mass is 214 g/mol. The number of hydrogen-bond acceptors (Lipinski definition) is 3. The highest BCUT2D eigenvalue weighted by molar-refractivity contribution is 5.74. The third kappa shape index (κ3) is 1.45. The first-order valence-electron chi connectivity index (χ1n) is 5.49. The van der Waals surface area contributed by atoms with Gasteiger partial charge >= 0.3 is 0 Å². The molecule has 3 rings (SSSR count). The molecule has 1 aromatic heterocycles. The quantitative estimate of drug-likeness (QED) is 0.781. The predicted molar refractivity (Wildman–Crippen MR) is 64.3 cm³/mol. The molecule has 0 aliphatic carbocycles. The van der Waals surface area contributed by atoms with Crippen molar-refractivity contribution in [1.29, 1.82) is 0 Å². The number of benzene rings is 1. The molecule has 0 unspecified atom stereocenters. The Morgan fingerprint density at radius 1 is 1.25 bits per heavy atom. The Labute approximate surface area is 94.5 Å². The lowest BCUT2D eigenvalue weighted by Crippen LogP contribution is -2.20. The lowest BCUT2D eigenvalue weighted by Gasteiger charge is -2.19. The maximum absolute atomic E-state index is 6.02. The molecule has 0 saturated carbocycles. The Morgan fingerprint density at radius 3 is 3.00 bits per heavy atom. The molecule has 2 aromatic rings. The standard InChI is InChI=1S/C13H14N2O/c14-12-5-1-3-10-6-7-15(13(10)12)9-11-4-2-8-16-11/h1-5,8H,6-7,9,14H2. The van der Waals surface area contributed by atoms with Gasteiger partial charge in [-0.2, -0.15) is 0 Å². The molecular formula is C13H14N2O. The molecule has 3 heteroatoms. The van der Waals surface area contributed by atoms with Crippen LogP contribution in [0.2, 0.25) is 0 Å². The van der Waals surface area contributed by atoms with Gasteiger partial charge in [-0.05, 0) is 30.2 Å². The van der Waals surface area contributed by atoms with Crippen molar-refractivity contribution in [2.24, 2.45) is 0 Å². The van der Waals surface area contributed by atoms with E-state index in [1.54, 1.807) is 6.26 Å². The van der Waals surface area contributed by atoms with E-state index in [1.807, 2.05) is 24.3 Å². The maximum Gasteiger partial charge on any atom is 0.123 e. The summed E-state index contributed by atoms with van der Waals surface area (Å²) in [5.41, 5.74) is 9.40. The molecule has 82 valence electrons. The topological polar surface area (TPSA) is 42.4 Å². The zero-order valence-corrected chi connectivity index (χ0v) is 9.02. The molecule has 2 N–H and O–H groups in total. The Kier molecular flexibility index (Phi) is 2.10. The largest absolute Gasteiger partial charge is 0.467 e. The highest BCUT2D eigenvalue weighted by atomic mass is 16.3. The minimum absolute atomic E-state index is 0.800. The maximum atomic E-state index is 6.02. The van der Waals surface area contributed by atoms with Crippen molar-refractivity contribution in [3.05, 3.63) is 47.9 Å². The van der Waals surface area contributed by atoms with E-state index in [2.05, 4.69) is 11.0 Å². The zero-order valence-electron chi connectivity index (χ0n) is 9.02. The van der Waals surface area contributed by atoms with Crippen LogP contribution in [0.5, 0.6) is 0 Å². The van der Waals surface area contributed by atoms with Crippen molar-refractivity contribution < 1.29 is 4.42 Å². The highest BCUT2D eigenvalue weighted by Crippen LogP contribution is 2.34. The summed E-state index contributed by atoms with van der Waals surface area (Å²) < 4.78 is 5.37. The van der Waals surface area contributed by atoms with Crippen LogP contribution < -0.4 is 10.6 Å². The van der Waals surface area contributed by atoms with Crippen molar-refractivity contribution in [2.45, 2.75) is 13.0 Å². The molecule has 0 spiro atoms. The first-order valence-corrected chi connectivity index (χ1v) is 5.49. The summed E-state index contributed by atoms with van der Waals surface area (Å²) in [6.07, 6.45) is 2.78. The molecule has 0 amide bonds. The van der Waals surface area contributed by atoms with Gasteiger partial charge in [-0.25, -0.2) is 0 Å².